The topological polar surface area (TPSA) is 92.2 Å². The fourth-order valence-electron chi connectivity index (χ4n) is 1.78. The highest BCUT2D eigenvalue weighted by atomic mass is 35.5. The number of pyridine rings is 2. The molecule has 0 saturated carbocycles. The highest BCUT2D eigenvalue weighted by Crippen LogP contribution is 2.24. The predicted octanol–water partition coefficient (Wildman–Crippen LogP) is 2.63. The Bertz CT molecular complexity index is 761. The first kappa shape index (κ1) is 16.5. The molecule has 0 bridgehead atoms. The second-order valence-corrected chi connectivity index (χ2v) is 7.48. The molecule has 0 aromatic carbocycles. The van der Waals surface area contributed by atoms with Gasteiger partial charge >= 0.3 is 0 Å². The lowest BCUT2D eigenvalue weighted by Gasteiger charge is -2.10. The van der Waals surface area contributed by atoms with E-state index in [0.717, 1.165) is 0 Å². The Morgan fingerprint density at radius 1 is 1.27 bits per heavy atom. The maximum absolute atomic E-state index is 12.3. The Balaban J connectivity index is 2.23. The van der Waals surface area contributed by atoms with Gasteiger partial charge in [-0.05, 0) is 26.0 Å². The van der Waals surface area contributed by atoms with Gasteiger partial charge in [0.1, 0.15) is 17.3 Å². The first-order chi connectivity index (χ1) is 10.3. The van der Waals surface area contributed by atoms with Gasteiger partial charge in [-0.3, -0.25) is 4.98 Å². The Hall–Kier alpha value is -1.86. The minimum absolute atomic E-state index is 0.0498. The van der Waals surface area contributed by atoms with E-state index in [1.54, 1.807) is 6.07 Å². The number of nitrogens with one attached hydrogen (secondary N) is 1. The molecule has 0 saturated heterocycles. The molecular weight excluding hydrogens is 326 g/mol. The van der Waals surface area contributed by atoms with Crippen molar-refractivity contribution in [1.29, 1.82) is 0 Å². The first-order valence-corrected chi connectivity index (χ1v) is 8.59. The minimum atomic E-state index is -3.65. The van der Waals surface area contributed by atoms with Crippen LogP contribution in [0.25, 0.3) is 0 Å². The lowest BCUT2D eigenvalue weighted by Crippen LogP contribution is -2.12. The van der Waals surface area contributed by atoms with Crippen molar-refractivity contribution in [3.63, 3.8) is 0 Å². The molecule has 2 aromatic heterocycles. The van der Waals surface area contributed by atoms with Crippen molar-refractivity contribution in [2.75, 3.05) is 5.32 Å². The smallest absolute Gasteiger partial charge is 0.185 e. The number of hydrogen-bond donors (Lipinski definition) is 2. The van der Waals surface area contributed by atoms with Gasteiger partial charge in [0.15, 0.2) is 9.84 Å². The molecule has 2 aromatic rings. The average Bonchev–Trinajstić information content (AvgIpc) is 2.42. The lowest BCUT2D eigenvalue weighted by molar-refractivity contribution is 0.466. The zero-order valence-electron chi connectivity index (χ0n) is 12.1. The number of nitrogens with zero attached hydrogens (tertiary/aromatic N) is 2. The summed E-state index contributed by atoms with van der Waals surface area (Å²) in [5, 5.41) is 13.0. The molecule has 0 amide bonds. The Labute approximate surface area is 134 Å². The third-order valence-corrected chi connectivity index (χ3v) is 4.59. The molecule has 2 heterocycles. The predicted molar refractivity (Wildman–Crippen MR) is 84.8 cm³/mol. The molecule has 0 aliphatic heterocycles. The van der Waals surface area contributed by atoms with Gasteiger partial charge in [-0.25, -0.2) is 13.4 Å². The molecule has 0 spiro atoms. The standard InChI is InChI=1S/C14H16ClN3O3S/c1-9(2)18-14-4-3-11(7-17-14)22(20,21)8-12-13(19)5-10(15)6-16-12/h3-7,9,19H,8H2,1-2H3,(H,17,18). The summed E-state index contributed by atoms with van der Waals surface area (Å²) in [5.41, 5.74) is 0.0498. The van der Waals surface area contributed by atoms with E-state index in [-0.39, 0.29) is 27.4 Å². The lowest BCUT2D eigenvalue weighted by atomic mass is 10.3. The van der Waals surface area contributed by atoms with E-state index in [1.807, 2.05) is 13.8 Å². The van der Waals surface area contributed by atoms with Crippen LogP contribution in [0.15, 0.2) is 35.5 Å². The number of hydrogen-bond acceptors (Lipinski definition) is 6. The number of sulfone groups is 1. The Morgan fingerprint density at radius 2 is 2.00 bits per heavy atom. The summed E-state index contributed by atoms with van der Waals surface area (Å²) in [6, 6.07) is 4.53. The maximum Gasteiger partial charge on any atom is 0.185 e. The summed E-state index contributed by atoms with van der Waals surface area (Å²) in [6.45, 7) is 3.92. The van der Waals surface area contributed by atoms with Gasteiger partial charge in [-0.2, -0.15) is 0 Å². The third kappa shape index (κ3) is 4.08. The Morgan fingerprint density at radius 3 is 2.55 bits per heavy atom. The summed E-state index contributed by atoms with van der Waals surface area (Å²) < 4.78 is 24.7. The maximum atomic E-state index is 12.3. The zero-order valence-corrected chi connectivity index (χ0v) is 13.7. The van der Waals surface area contributed by atoms with Crippen LogP contribution in [0.1, 0.15) is 19.5 Å². The number of anilines is 1. The molecule has 0 atom stereocenters. The van der Waals surface area contributed by atoms with Crippen molar-refractivity contribution in [3.05, 3.63) is 41.3 Å². The van der Waals surface area contributed by atoms with E-state index in [2.05, 4.69) is 15.3 Å². The quantitative estimate of drug-likeness (QED) is 0.868. The van der Waals surface area contributed by atoms with E-state index >= 15 is 0 Å². The number of aromatic hydroxyl groups is 1. The number of halogens is 1. The molecule has 22 heavy (non-hydrogen) atoms. The monoisotopic (exact) mass is 341 g/mol. The van der Waals surface area contributed by atoms with Crippen LogP contribution in [-0.4, -0.2) is 29.5 Å². The van der Waals surface area contributed by atoms with E-state index in [9.17, 15) is 13.5 Å². The van der Waals surface area contributed by atoms with E-state index in [4.69, 9.17) is 11.6 Å². The molecule has 2 N–H and O–H groups in total. The molecule has 0 fully saturated rings. The van der Waals surface area contributed by atoms with Gasteiger partial charge in [0.25, 0.3) is 0 Å². The molecule has 0 aliphatic rings. The van der Waals surface area contributed by atoms with Gasteiger partial charge in [0, 0.05) is 24.5 Å². The normalized spacial score (nSPS) is 11.6. The first-order valence-electron chi connectivity index (χ1n) is 6.56. The third-order valence-electron chi connectivity index (χ3n) is 2.77. The largest absolute Gasteiger partial charge is 0.506 e. The summed E-state index contributed by atoms with van der Waals surface area (Å²) in [4.78, 5) is 7.99. The number of rotatable bonds is 5. The summed E-state index contributed by atoms with van der Waals surface area (Å²) in [5.74, 6) is -0.0715. The van der Waals surface area contributed by atoms with Crippen molar-refractivity contribution >= 4 is 27.3 Å². The minimum Gasteiger partial charge on any atom is -0.506 e. The summed E-state index contributed by atoms with van der Waals surface area (Å²) in [7, 11) is -3.65. The van der Waals surface area contributed by atoms with E-state index < -0.39 is 15.6 Å². The highest BCUT2D eigenvalue weighted by Gasteiger charge is 2.19. The fourth-order valence-corrected chi connectivity index (χ4v) is 3.17. The van der Waals surface area contributed by atoms with Gasteiger partial charge in [0.05, 0.1) is 15.6 Å². The molecule has 0 unspecified atom stereocenters. The summed E-state index contributed by atoms with van der Waals surface area (Å²) >= 11 is 5.68. The molecule has 0 aliphatic carbocycles. The molecule has 8 heteroatoms. The van der Waals surface area contributed by atoms with Crippen LogP contribution >= 0.6 is 11.6 Å². The average molecular weight is 342 g/mol. The SMILES string of the molecule is CC(C)Nc1ccc(S(=O)(=O)Cc2ncc(Cl)cc2O)cn1. The van der Waals surface area contributed by atoms with Crippen LogP contribution in [0.3, 0.4) is 0 Å². The summed E-state index contributed by atoms with van der Waals surface area (Å²) in [6.07, 6.45) is 2.58. The van der Waals surface area contributed by atoms with Crippen molar-refractivity contribution in [1.82, 2.24) is 9.97 Å². The second-order valence-electron chi connectivity index (χ2n) is 5.06. The molecule has 6 nitrogen and oxygen atoms in total. The molecule has 0 radical (unpaired) electrons. The van der Waals surface area contributed by atoms with Crippen LogP contribution in [0.5, 0.6) is 5.75 Å². The van der Waals surface area contributed by atoms with E-state index in [1.165, 1.54) is 24.5 Å². The Kier molecular flexibility index (Phi) is 4.87. The van der Waals surface area contributed by atoms with Gasteiger partial charge in [0.2, 0.25) is 0 Å². The second kappa shape index (κ2) is 6.50. The van der Waals surface area contributed by atoms with Crippen molar-refractivity contribution in [2.45, 2.75) is 30.5 Å². The number of aromatic nitrogens is 2. The van der Waals surface area contributed by atoms with Gasteiger partial charge in [-0.15, -0.1) is 0 Å². The molecule has 2 rings (SSSR count). The van der Waals surface area contributed by atoms with Crippen molar-refractivity contribution in [3.8, 4) is 5.75 Å². The zero-order chi connectivity index (χ0) is 16.3. The van der Waals surface area contributed by atoms with Crippen molar-refractivity contribution in [2.24, 2.45) is 0 Å². The van der Waals surface area contributed by atoms with Crippen LogP contribution in [-0.2, 0) is 15.6 Å². The molecular formula is C14H16ClN3O3S. The van der Waals surface area contributed by atoms with Crippen LogP contribution < -0.4 is 5.32 Å². The van der Waals surface area contributed by atoms with Crippen LogP contribution in [0.2, 0.25) is 5.02 Å². The molecule has 118 valence electrons. The fraction of sp³-hybridized carbons (Fsp3) is 0.286. The van der Waals surface area contributed by atoms with Crippen LogP contribution in [0.4, 0.5) is 5.82 Å². The van der Waals surface area contributed by atoms with Gasteiger partial charge in [-0.1, -0.05) is 11.6 Å². The van der Waals surface area contributed by atoms with E-state index in [0.29, 0.717) is 5.82 Å². The highest BCUT2D eigenvalue weighted by molar-refractivity contribution is 7.90. The van der Waals surface area contributed by atoms with Crippen molar-refractivity contribution < 1.29 is 13.5 Å². The van der Waals surface area contributed by atoms with Gasteiger partial charge < -0.3 is 10.4 Å². The van der Waals surface area contributed by atoms with Crippen LogP contribution in [0, 0.1) is 0 Å².